The average molecular weight is 467 g/mol. The summed E-state index contributed by atoms with van der Waals surface area (Å²) in [4.78, 5) is 24.3. The highest BCUT2D eigenvalue weighted by atomic mass is 35.5. The number of carbonyl (C=O) groups excluding carboxylic acids is 1. The molecule has 2 bridgehead atoms. The first-order valence-electron chi connectivity index (χ1n) is 9.77. The normalized spacial score (nSPS) is 27.7. The van der Waals surface area contributed by atoms with E-state index in [1.54, 1.807) is 6.07 Å². The van der Waals surface area contributed by atoms with Crippen LogP contribution in [0.3, 0.4) is 0 Å². The second-order valence-corrected chi connectivity index (χ2v) is 8.97. The predicted molar refractivity (Wildman–Crippen MR) is 107 cm³/mol. The molecule has 30 heavy (non-hydrogen) atoms. The smallest absolute Gasteiger partial charge is 0.475 e. The first kappa shape index (κ1) is 23.2. The largest absolute Gasteiger partial charge is 0.490 e. The molecule has 0 unspecified atom stereocenters. The molecule has 5 rings (SSSR count). The molecule has 0 spiro atoms. The molecule has 1 amide bonds. The van der Waals surface area contributed by atoms with Crippen molar-refractivity contribution in [3.8, 4) is 0 Å². The fourth-order valence-electron chi connectivity index (χ4n) is 4.67. The van der Waals surface area contributed by atoms with Gasteiger partial charge in [-0.2, -0.15) is 13.2 Å². The number of nitrogens with one attached hydrogen (secondary N) is 1. The fourth-order valence-corrected chi connectivity index (χ4v) is 5.36. The zero-order valence-corrected chi connectivity index (χ0v) is 17.9. The minimum absolute atomic E-state index is 0.0186. The minimum Gasteiger partial charge on any atom is -0.475 e. The Morgan fingerprint density at radius 3 is 2.33 bits per heavy atom. The highest BCUT2D eigenvalue weighted by Gasteiger charge is 2.49. The average Bonchev–Trinajstić information content (AvgIpc) is 2.68. The van der Waals surface area contributed by atoms with Gasteiger partial charge in [-0.05, 0) is 62.3 Å². The molecular formula is C20H23Cl2F3N2O3. The number of aliphatic carboxylic acids is 1. The Labute approximate surface area is 182 Å². The van der Waals surface area contributed by atoms with Crippen molar-refractivity contribution < 1.29 is 27.9 Å². The molecule has 10 heteroatoms. The van der Waals surface area contributed by atoms with E-state index in [4.69, 9.17) is 33.1 Å². The summed E-state index contributed by atoms with van der Waals surface area (Å²) in [7, 11) is 0. The predicted octanol–water partition coefficient (Wildman–Crippen LogP) is 4.60. The topological polar surface area (TPSA) is 69.6 Å². The van der Waals surface area contributed by atoms with E-state index in [0.717, 1.165) is 50.8 Å². The molecule has 3 fully saturated rings. The van der Waals surface area contributed by atoms with E-state index in [1.807, 2.05) is 6.07 Å². The number of alkyl halides is 3. The maximum atomic E-state index is 13.3. The zero-order valence-electron chi connectivity index (χ0n) is 16.4. The van der Waals surface area contributed by atoms with Crippen LogP contribution in [0.25, 0.3) is 0 Å². The lowest BCUT2D eigenvalue weighted by molar-refractivity contribution is -0.192. The molecule has 1 aliphatic carbocycles. The van der Waals surface area contributed by atoms with Crippen LogP contribution >= 0.6 is 23.2 Å². The van der Waals surface area contributed by atoms with Gasteiger partial charge in [0.2, 0.25) is 5.91 Å². The zero-order chi connectivity index (χ0) is 22.3. The Kier molecular flexibility index (Phi) is 6.60. The summed E-state index contributed by atoms with van der Waals surface area (Å²) in [5.74, 6) is -2.44. The Bertz CT molecular complexity index is 826. The number of hydrogen-bond acceptors (Lipinski definition) is 3. The first-order valence-corrected chi connectivity index (χ1v) is 10.5. The van der Waals surface area contributed by atoms with Gasteiger partial charge in [-0.25, -0.2) is 4.79 Å². The van der Waals surface area contributed by atoms with Crippen molar-refractivity contribution >= 4 is 35.1 Å². The van der Waals surface area contributed by atoms with Gasteiger partial charge in [-0.15, -0.1) is 0 Å². The molecule has 1 aromatic carbocycles. The number of piperidine rings is 2. The van der Waals surface area contributed by atoms with Gasteiger partial charge < -0.3 is 15.3 Å². The van der Waals surface area contributed by atoms with Crippen molar-refractivity contribution in [3.05, 3.63) is 33.3 Å². The molecule has 1 saturated carbocycles. The quantitative estimate of drug-likeness (QED) is 0.634. The van der Waals surface area contributed by atoms with Crippen molar-refractivity contribution in [2.24, 2.45) is 5.41 Å². The van der Waals surface area contributed by atoms with Gasteiger partial charge in [0.1, 0.15) is 0 Å². The van der Waals surface area contributed by atoms with Gasteiger partial charge in [0, 0.05) is 29.2 Å². The molecule has 0 radical (unpaired) electrons. The molecule has 5 nitrogen and oxygen atoms in total. The van der Waals surface area contributed by atoms with Crippen molar-refractivity contribution in [1.82, 2.24) is 10.2 Å². The lowest BCUT2D eigenvalue weighted by Gasteiger charge is -2.49. The van der Waals surface area contributed by atoms with Crippen molar-refractivity contribution in [2.45, 2.75) is 57.3 Å². The van der Waals surface area contributed by atoms with E-state index < -0.39 is 12.1 Å². The fraction of sp³-hybridized carbons (Fsp3) is 0.600. The monoisotopic (exact) mass is 466 g/mol. The van der Waals surface area contributed by atoms with E-state index in [1.165, 1.54) is 5.56 Å². The van der Waals surface area contributed by atoms with Crippen LogP contribution in [-0.2, 0) is 16.0 Å². The number of amides is 1. The third kappa shape index (κ3) is 4.55. The van der Waals surface area contributed by atoms with E-state index in [0.29, 0.717) is 22.0 Å². The molecule has 2 N–H and O–H groups in total. The molecule has 4 aliphatic rings. The van der Waals surface area contributed by atoms with E-state index >= 15 is 0 Å². The van der Waals surface area contributed by atoms with Gasteiger partial charge in [0.25, 0.3) is 0 Å². The van der Waals surface area contributed by atoms with Crippen LogP contribution in [0.5, 0.6) is 0 Å². The van der Waals surface area contributed by atoms with Crippen molar-refractivity contribution in [2.75, 3.05) is 13.1 Å². The SMILES string of the molecule is C[C@H]1c2c(Cl)cc(Cl)cc2CCN1C(=O)C12CCC(CC1)NC2.O=C(O)C(F)(F)F. The van der Waals surface area contributed by atoms with Crippen LogP contribution in [0.4, 0.5) is 13.2 Å². The molecule has 166 valence electrons. The van der Waals surface area contributed by atoms with E-state index in [9.17, 15) is 18.0 Å². The highest BCUT2D eigenvalue weighted by Crippen LogP contribution is 2.45. The van der Waals surface area contributed by atoms with Crippen LogP contribution in [0, 0.1) is 5.41 Å². The lowest BCUT2D eigenvalue weighted by atomic mass is 9.67. The number of nitrogens with zero attached hydrogens (tertiary/aromatic N) is 1. The Morgan fingerprint density at radius 2 is 1.83 bits per heavy atom. The van der Waals surface area contributed by atoms with E-state index in [2.05, 4.69) is 17.1 Å². The second kappa shape index (κ2) is 8.55. The summed E-state index contributed by atoms with van der Waals surface area (Å²) >= 11 is 12.6. The molecule has 1 atom stereocenters. The molecule has 3 heterocycles. The number of halogens is 5. The van der Waals surface area contributed by atoms with Crippen LogP contribution in [0.15, 0.2) is 12.1 Å². The maximum absolute atomic E-state index is 13.3. The maximum Gasteiger partial charge on any atom is 0.490 e. The number of carboxylic acid groups (broad SMARTS) is 1. The van der Waals surface area contributed by atoms with Crippen LogP contribution in [0.1, 0.15) is 49.8 Å². The number of carbonyl (C=O) groups is 2. The molecule has 0 aromatic heterocycles. The number of hydrogen-bond donors (Lipinski definition) is 2. The van der Waals surface area contributed by atoms with E-state index in [-0.39, 0.29) is 11.5 Å². The second-order valence-electron chi connectivity index (χ2n) is 8.12. The van der Waals surface area contributed by atoms with Gasteiger partial charge in [0.15, 0.2) is 0 Å². The molecule has 3 aliphatic heterocycles. The molecule has 2 saturated heterocycles. The van der Waals surface area contributed by atoms with Gasteiger partial charge in [0.05, 0.1) is 11.5 Å². The Hall–Kier alpha value is -1.51. The number of carboxylic acids is 1. The summed E-state index contributed by atoms with van der Waals surface area (Å²) in [5.41, 5.74) is 2.06. The third-order valence-corrected chi connectivity index (χ3v) is 6.85. The lowest BCUT2D eigenvalue weighted by Crippen LogP contribution is -2.59. The van der Waals surface area contributed by atoms with Gasteiger partial charge in [-0.1, -0.05) is 23.2 Å². The molecular weight excluding hydrogens is 444 g/mol. The summed E-state index contributed by atoms with van der Waals surface area (Å²) in [6.07, 6.45) is 0.0432. The molecule has 1 aromatic rings. The Balaban J connectivity index is 0.000000318. The van der Waals surface area contributed by atoms with Crippen LogP contribution in [-0.4, -0.2) is 47.2 Å². The summed E-state index contributed by atoms with van der Waals surface area (Å²) in [5, 5.41) is 12.0. The summed E-state index contributed by atoms with van der Waals surface area (Å²) in [6, 6.07) is 4.43. The third-order valence-electron chi connectivity index (χ3n) is 6.32. The number of rotatable bonds is 1. The van der Waals surface area contributed by atoms with Crippen molar-refractivity contribution in [3.63, 3.8) is 0 Å². The minimum atomic E-state index is -5.08. The summed E-state index contributed by atoms with van der Waals surface area (Å²) in [6.45, 7) is 3.68. The highest BCUT2D eigenvalue weighted by molar-refractivity contribution is 6.35. The summed E-state index contributed by atoms with van der Waals surface area (Å²) < 4.78 is 31.7. The van der Waals surface area contributed by atoms with Crippen LogP contribution in [0.2, 0.25) is 10.0 Å². The number of fused-ring (bicyclic) bond motifs is 4. The standard InChI is InChI=1S/C18H22Cl2N2O.C2HF3O2/c1-11-16-12(8-13(19)9-15(16)20)4-7-22(11)17(23)18-5-2-14(3-6-18)21-10-18;3-2(4,5)1(6)7/h8-9,11,14,21H,2-7,10H2,1H3;(H,6,7)/t11-,14?,18?;/m0./s1. The Morgan fingerprint density at radius 1 is 1.23 bits per heavy atom. The van der Waals surface area contributed by atoms with Gasteiger partial charge >= 0.3 is 12.1 Å². The van der Waals surface area contributed by atoms with Crippen LogP contribution < -0.4 is 5.32 Å². The van der Waals surface area contributed by atoms with Gasteiger partial charge in [-0.3, -0.25) is 4.79 Å². The number of benzene rings is 1. The first-order chi connectivity index (χ1) is 13.9. The van der Waals surface area contributed by atoms with Crippen molar-refractivity contribution in [1.29, 1.82) is 0 Å².